The van der Waals surface area contributed by atoms with Crippen molar-refractivity contribution in [3.63, 3.8) is 0 Å². The number of nitrogens with zero attached hydrogens (tertiary/aromatic N) is 2. The third-order valence-corrected chi connectivity index (χ3v) is 3.17. The van der Waals surface area contributed by atoms with E-state index in [1.807, 2.05) is 6.07 Å². The topological polar surface area (TPSA) is 82.8 Å². The van der Waals surface area contributed by atoms with Crippen molar-refractivity contribution >= 4 is 10.0 Å². The summed E-state index contributed by atoms with van der Waals surface area (Å²) in [6.07, 6.45) is 2.53. The number of hydrogen-bond donors (Lipinski definition) is 1. The molecule has 1 N–H and O–H groups in total. The monoisotopic (exact) mass is 225 g/mol. The second-order valence-corrected chi connectivity index (χ2v) is 5.01. The van der Waals surface area contributed by atoms with E-state index in [2.05, 4.69) is 9.71 Å². The maximum atomic E-state index is 11.7. The Morgan fingerprint density at radius 2 is 2.13 bits per heavy atom. The summed E-state index contributed by atoms with van der Waals surface area (Å²) in [5.74, 6) is 0. The molecule has 1 heterocycles. The van der Waals surface area contributed by atoms with E-state index in [1.165, 1.54) is 18.5 Å². The number of nitrogens with one attached hydrogen (secondary N) is 1. The lowest BCUT2D eigenvalue weighted by Gasteiger charge is -2.08. The molecule has 0 aliphatic rings. The summed E-state index contributed by atoms with van der Waals surface area (Å²) in [6, 6.07) is 2.93. The maximum absolute atomic E-state index is 11.7. The Balaban J connectivity index is 3.11. The van der Waals surface area contributed by atoms with Crippen molar-refractivity contribution in [2.45, 2.75) is 24.8 Å². The molecule has 0 spiro atoms. The van der Waals surface area contributed by atoms with Crippen LogP contribution in [0.15, 0.2) is 23.4 Å². The van der Waals surface area contributed by atoms with Gasteiger partial charge in [0.1, 0.15) is 11.0 Å². The van der Waals surface area contributed by atoms with E-state index in [0.29, 0.717) is 0 Å². The van der Waals surface area contributed by atoms with Crippen molar-refractivity contribution in [3.05, 3.63) is 24.0 Å². The normalized spacial score (nSPS) is 11.3. The van der Waals surface area contributed by atoms with E-state index in [9.17, 15) is 8.42 Å². The number of sulfonamides is 1. The van der Waals surface area contributed by atoms with Gasteiger partial charge in [0.2, 0.25) is 10.0 Å². The lowest BCUT2D eigenvalue weighted by molar-refractivity contribution is 0.569. The van der Waals surface area contributed by atoms with Crippen molar-refractivity contribution in [3.8, 4) is 6.07 Å². The number of aromatic nitrogens is 1. The Bertz CT molecular complexity index is 488. The Kier molecular flexibility index (Phi) is 3.39. The zero-order chi connectivity index (χ0) is 11.5. The van der Waals surface area contributed by atoms with Gasteiger partial charge in [0.25, 0.3) is 0 Å². The molecule has 0 aliphatic carbocycles. The molecule has 0 aromatic carbocycles. The summed E-state index contributed by atoms with van der Waals surface area (Å²) in [5, 5.41) is 8.60. The summed E-state index contributed by atoms with van der Waals surface area (Å²) < 4.78 is 25.7. The first-order valence-corrected chi connectivity index (χ1v) is 5.81. The van der Waals surface area contributed by atoms with E-state index in [-0.39, 0.29) is 16.5 Å². The van der Waals surface area contributed by atoms with Gasteiger partial charge in [0, 0.05) is 18.4 Å². The molecule has 1 rings (SSSR count). The SMILES string of the molecule is CC(C)NS(=O)(=O)c1cncc(C#N)c1. The van der Waals surface area contributed by atoms with Crippen LogP contribution in [0.4, 0.5) is 0 Å². The van der Waals surface area contributed by atoms with Crippen LogP contribution in [0.5, 0.6) is 0 Å². The summed E-state index contributed by atoms with van der Waals surface area (Å²) in [6.45, 7) is 3.44. The first kappa shape index (κ1) is 11.6. The molecular formula is C9H11N3O2S. The van der Waals surface area contributed by atoms with E-state index in [1.54, 1.807) is 13.8 Å². The summed E-state index contributed by atoms with van der Waals surface area (Å²) in [7, 11) is -3.56. The molecule has 0 saturated heterocycles. The van der Waals surface area contributed by atoms with E-state index < -0.39 is 10.0 Å². The number of hydrogen-bond acceptors (Lipinski definition) is 4. The molecule has 5 nitrogen and oxygen atoms in total. The van der Waals surface area contributed by atoms with Crippen molar-refractivity contribution in [1.29, 1.82) is 5.26 Å². The number of pyridine rings is 1. The minimum atomic E-state index is -3.56. The van der Waals surface area contributed by atoms with Crippen LogP contribution in [0, 0.1) is 11.3 Å². The highest BCUT2D eigenvalue weighted by molar-refractivity contribution is 7.89. The van der Waals surface area contributed by atoms with E-state index in [4.69, 9.17) is 5.26 Å². The maximum Gasteiger partial charge on any atom is 0.242 e. The zero-order valence-corrected chi connectivity index (χ0v) is 9.25. The highest BCUT2D eigenvalue weighted by Gasteiger charge is 2.15. The Morgan fingerprint density at radius 3 is 2.67 bits per heavy atom. The Labute approximate surface area is 88.8 Å². The minimum Gasteiger partial charge on any atom is -0.262 e. The van der Waals surface area contributed by atoms with Crippen molar-refractivity contribution < 1.29 is 8.42 Å². The molecule has 1 aromatic heterocycles. The quantitative estimate of drug-likeness (QED) is 0.818. The molecular weight excluding hydrogens is 214 g/mol. The molecule has 0 radical (unpaired) electrons. The molecule has 0 fully saturated rings. The van der Waals surface area contributed by atoms with Crippen molar-refractivity contribution in [2.24, 2.45) is 0 Å². The lowest BCUT2D eigenvalue weighted by Crippen LogP contribution is -2.30. The first-order valence-electron chi connectivity index (χ1n) is 4.33. The van der Waals surface area contributed by atoms with E-state index in [0.717, 1.165) is 0 Å². The minimum absolute atomic E-state index is 0.00949. The van der Waals surface area contributed by atoms with Crippen LogP contribution < -0.4 is 4.72 Å². The second kappa shape index (κ2) is 4.38. The third kappa shape index (κ3) is 3.01. The molecule has 0 bridgehead atoms. The number of rotatable bonds is 3. The standard InChI is InChI=1S/C9H11N3O2S/c1-7(2)12-15(13,14)9-3-8(4-10)5-11-6-9/h3,5-7,12H,1-2H3. The van der Waals surface area contributed by atoms with Crippen LogP contribution in [0.1, 0.15) is 19.4 Å². The fourth-order valence-electron chi connectivity index (χ4n) is 1.01. The van der Waals surface area contributed by atoms with Gasteiger partial charge >= 0.3 is 0 Å². The van der Waals surface area contributed by atoms with Gasteiger partial charge in [-0.3, -0.25) is 4.98 Å². The summed E-state index contributed by atoms with van der Waals surface area (Å²) >= 11 is 0. The van der Waals surface area contributed by atoms with Gasteiger partial charge in [-0.05, 0) is 19.9 Å². The van der Waals surface area contributed by atoms with E-state index >= 15 is 0 Å². The van der Waals surface area contributed by atoms with Crippen molar-refractivity contribution in [1.82, 2.24) is 9.71 Å². The average molecular weight is 225 g/mol. The summed E-state index contributed by atoms with van der Waals surface area (Å²) in [5.41, 5.74) is 0.224. The fraction of sp³-hybridized carbons (Fsp3) is 0.333. The Morgan fingerprint density at radius 1 is 1.47 bits per heavy atom. The smallest absolute Gasteiger partial charge is 0.242 e. The average Bonchev–Trinajstić information content (AvgIpc) is 2.16. The lowest BCUT2D eigenvalue weighted by atomic mass is 10.3. The fourth-order valence-corrected chi connectivity index (χ4v) is 2.24. The third-order valence-electron chi connectivity index (χ3n) is 1.54. The van der Waals surface area contributed by atoms with Gasteiger partial charge < -0.3 is 0 Å². The van der Waals surface area contributed by atoms with Gasteiger partial charge in [-0.25, -0.2) is 13.1 Å². The highest BCUT2D eigenvalue weighted by Crippen LogP contribution is 2.09. The zero-order valence-electron chi connectivity index (χ0n) is 8.43. The number of nitriles is 1. The molecule has 0 saturated carbocycles. The largest absolute Gasteiger partial charge is 0.262 e. The van der Waals surface area contributed by atoms with Crippen LogP contribution in [0.2, 0.25) is 0 Å². The molecule has 1 aromatic rings. The highest BCUT2D eigenvalue weighted by atomic mass is 32.2. The van der Waals surface area contributed by atoms with Crippen molar-refractivity contribution in [2.75, 3.05) is 0 Å². The van der Waals surface area contributed by atoms with Crippen LogP contribution in [0.25, 0.3) is 0 Å². The van der Waals surface area contributed by atoms with Gasteiger partial charge in [-0.2, -0.15) is 5.26 Å². The van der Waals surface area contributed by atoms with Crippen LogP contribution in [-0.2, 0) is 10.0 Å². The predicted molar refractivity (Wildman–Crippen MR) is 54.4 cm³/mol. The van der Waals surface area contributed by atoms with Crippen LogP contribution in [-0.4, -0.2) is 19.4 Å². The molecule has 0 amide bonds. The van der Waals surface area contributed by atoms with Gasteiger partial charge in [-0.15, -0.1) is 0 Å². The van der Waals surface area contributed by atoms with Gasteiger partial charge in [0.15, 0.2) is 0 Å². The van der Waals surface area contributed by atoms with Gasteiger partial charge in [-0.1, -0.05) is 0 Å². The summed E-state index contributed by atoms with van der Waals surface area (Å²) in [4.78, 5) is 3.70. The second-order valence-electron chi connectivity index (χ2n) is 3.30. The molecule has 6 heteroatoms. The molecule has 0 unspecified atom stereocenters. The van der Waals surface area contributed by atoms with Crippen LogP contribution >= 0.6 is 0 Å². The molecule has 0 aliphatic heterocycles. The predicted octanol–water partition coefficient (Wildman–Crippen LogP) is 0.640. The van der Waals surface area contributed by atoms with Crippen LogP contribution in [0.3, 0.4) is 0 Å². The molecule has 15 heavy (non-hydrogen) atoms. The molecule has 80 valence electrons. The first-order chi connectivity index (χ1) is 6.95. The van der Waals surface area contributed by atoms with Gasteiger partial charge in [0.05, 0.1) is 5.56 Å². The molecule has 0 atom stereocenters. The Hall–Kier alpha value is -1.45.